The summed E-state index contributed by atoms with van der Waals surface area (Å²) in [5.74, 6) is 0.851. The fourth-order valence-corrected chi connectivity index (χ4v) is 2.32. The molecule has 4 heteroatoms. The molecular weight excluding hydrogens is 272 g/mol. The molecule has 3 nitrogen and oxygen atoms in total. The Labute approximate surface area is 124 Å². The van der Waals surface area contributed by atoms with Crippen molar-refractivity contribution < 1.29 is 4.74 Å². The van der Waals surface area contributed by atoms with Crippen LogP contribution in [-0.4, -0.2) is 20.2 Å². The van der Waals surface area contributed by atoms with Gasteiger partial charge in [0.05, 0.1) is 7.11 Å². The quantitative estimate of drug-likeness (QED) is 0.887. The molecule has 2 N–H and O–H groups in total. The Balaban J connectivity index is 2.17. The fraction of sp³-hybridized carbons (Fsp3) is 0.250. The minimum absolute atomic E-state index is 0.604. The molecule has 0 saturated carbocycles. The molecule has 0 unspecified atom stereocenters. The first-order valence-corrected chi connectivity index (χ1v) is 6.94. The SMILES string of the molecule is COc1ccc(N(CCN)Cc2cccc(Cl)c2)cc1. The van der Waals surface area contributed by atoms with Gasteiger partial charge in [-0.3, -0.25) is 0 Å². The Morgan fingerprint density at radius 3 is 2.50 bits per heavy atom. The van der Waals surface area contributed by atoms with Crippen molar-refractivity contribution in [3.05, 3.63) is 59.1 Å². The molecule has 20 heavy (non-hydrogen) atoms. The third kappa shape index (κ3) is 3.89. The van der Waals surface area contributed by atoms with Crippen LogP contribution in [0.25, 0.3) is 0 Å². The summed E-state index contributed by atoms with van der Waals surface area (Å²) in [6.07, 6.45) is 0. The molecule has 0 spiro atoms. The summed E-state index contributed by atoms with van der Waals surface area (Å²) < 4.78 is 5.18. The van der Waals surface area contributed by atoms with Crippen LogP contribution in [0.4, 0.5) is 5.69 Å². The van der Waals surface area contributed by atoms with E-state index in [9.17, 15) is 0 Å². The number of methoxy groups -OCH3 is 1. The minimum Gasteiger partial charge on any atom is -0.497 e. The van der Waals surface area contributed by atoms with E-state index < -0.39 is 0 Å². The van der Waals surface area contributed by atoms with Crippen molar-refractivity contribution >= 4 is 17.3 Å². The Bertz CT molecular complexity index is 542. The van der Waals surface area contributed by atoms with Gasteiger partial charge >= 0.3 is 0 Å². The van der Waals surface area contributed by atoms with Crippen molar-refractivity contribution in [2.45, 2.75) is 6.54 Å². The predicted molar refractivity (Wildman–Crippen MR) is 84.6 cm³/mol. The van der Waals surface area contributed by atoms with Crippen LogP contribution >= 0.6 is 11.6 Å². The first kappa shape index (κ1) is 14.7. The van der Waals surface area contributed by atoms with Crippen molar-refractivity contribution in [3.63, 3.8) is 0 Å². The second-order valence-corrected chi connectivity index (χ2v) is 4.97. The number of rotatable bonds is 6. The van der Waals surface area contributed by atoms with Crippen LogP contribution < -0.4 is 15.4 Å². The summed E-state index contributed by atoms with van der Waals surface area (Å²) in [6, 6.07) is 15.9. The fourth-order valence-electron chi connectivity index (χ4n) is 2.10. The first-order valence-electron chi connectivity index (χ1n) is 6.56. The van der Waals surface area contributed by atoms with Gasteiger partial charge in [0.1, 0.15) is 5.75 Å². The van der Waals surface area contributed by atoms with Crippen molar-refractivity contribution in [1.29, 1.82) is 0 Å². The highest BCUT2D eigenvalue weighted by Crippen LogP contribution is 2.21. The first-order chi connectivity index (χ1) is 9.72. The Morgan fingerprint density at radius 2 is 1.90 bits per heavy atom. The van der Waals surface area contributed by atoms with E-state index in [2.05, 4.69) is 11.0 Å². The van der Waals surface area contributed by atoms with Gasteiger partial charge in [-0.25, -0.2) is 0 Å². The predicted octanol–water partition coefficient (Wildman–Crippen LogP) is 3.31. The number of halogens is 1. The second-order valence-electron chi connectivity index (χ2n) is 4.54. The highest BCUT2D eigenvalue weighted by Gasteiger charge is 2.07. The third-order valence-electron chi connectivity index (χ3n) is 3.10. The number of benzene rings is 2. The molecule has 0 aliphatic heterocycles. The molecule has 0 atom stereocenters. The van der Waals surface area contributed by atoms with Crippen LogP contribution in [0.5, 0.6) is 5.75 Å². The van der Waals surface area contributed by atoms with Crippen molar-refractivity contribution in [1.82, 2.24) is 0 Å². The van der Waals surface area contributed by atoms with Crippen LogP contribution in [0.2, 0.25) is 5.02 Å². The second kappa shape index (κ2) is 7.17. The normalized spacial score (nSPS) is 10.3. The third-order valence-corrected chi connectivity index (χ3v) is 3.33. The smallest absolute Gasteiger partial charge is 0.119 e. The molecule has 0 aliphatic carbocycles. The summed E-state index contributed by atoms with van der Waals surface area (Å²) >= 11 is 6.03. The molecule has 2 rings (SSSR count). The average molecular weight is 291 g/mol. The molecule has 0 bridgehead atoms. The zero-order chi connectivity index (χ0) is 14.4. The van der Waals surface area contributed by atoms with Gasteiger partial charge in [0.25, 0.3) is 0 Å². The molecular formula is C16H19ClN2O. The van der Waals surface area contributed by atoms with Gasteiger partial charge in [-0.1, -0.05) is 23.7 Å². The zero-order valence-electron chi connectivity index (χ0n) is 11.6. The van der Waals surface area contributed by atoms with Crippen LogP contribution in [0.15, 0.2) is 48.5 Å². The van der Waals surface area contributed by atoms with E-state index in [0.29, 0.717) is 6.54 Å². The van der Waals surface area contributed by atoms with Crippen LogP contribution in [0.1, 0.15) is 5.56 Å². The van der Waals surface area contributed by atoms with Gasteiger partial charge < -0.3 is 15.4 Å². The zero-order valence-corrected chi connectivity index (χ0v) is 12.3. The number of hydrogen-bond acceptors (Lipinski definition) is 3. The Morgan fingerprint density at radius 1 is 1.15 bits per heavy atom. The topological polar surface area (TPSA) is 38.5 Å². The molecule has 0 aliphatic rings. The maximum atomic E-state index is 6.03. The summed E-state index contributed by atoms with van der Waals surface area (Å²) in [7, 11) is 1.67. The van der Waals surface area contributed by atoms with Crippen molar-refractivity contribution in [2.24, 2.45) is 5.73 Å². The highest BCUT2D eigenvalue weighted by atomic mass is 35.5. The number of hydrogen-bond donors (Lipinski definition) is 1. The monoisotopic (exact) mass is 290 g/mol. The van der Waals surface area contributed by atoms with Crippen molar-refractivity contribution in [3.8, 4) is 5.75 Å². The van der Waals surface area contributed by atoms with Gasteiger partial charge in [0, 0.05) is 30.3 Å². The van der Waals surface area contributed by atoms with Crippen LogP contribution in [-0.2, 0) is 6.54 Å². The van der Waals surface area contributed by atoms with E-state index in [1.54, 1.807) is 7.11 Å². The van der Waals surface area contributed by atoms with E-state index in [1.807, 2.05) is 42.5 Å². The Kier molecular flexibility index (Phi) is 5.27. The molecule has 106 valence electrons. The van der Waals surface area contributed by atoms with Gasteiger partial charge in [0.15, 0.2) is 0 Å². The van der Waals surface area contributed by atoms with Gasteiger partial charge in [-0.15, -0.1) is 0 Å². The molecule has 2 aromatic rings. The number of nitrogens with zero attached hydrogens (tertiary/aromatic N) is 1. The van der Waals surface area contributed by atoms with Gasteiger partial charge in [0.2, 0.25) is 0 Å². The summed E-state index contributed by atoms with van der Waals surface area (Å²) in [5, 5.41) is 0.755. The standard InChI is InChI=1S/C16H19ClN2O/c1-20-16-7-5-15(6-8-16)19(10-9-18)12-13-3-2-4-14(17)11-13/h2-8,11H,9-10,12,18H2,1H3. The summed E-state index contributed by atoms with van der Waals surface area (Å²) in [4.78, 5) is 2.23. The van der Waals surface area contributed by atoms with E-state index in [-0.39, 0.29) is 0 Å². The van der Waals surface area contributed by atoms with Crippen molar-refractivity contribution in [2.75, 3.05) is 25.1 Å². The van der Waals surface area contributed by atoms with Gasteiger partial charge in [-0.05, 0) is 42.0 Å². The highest BCUT2D eigenvalue weighted by molar-refractivity contribution is 6.30. The lowest BCUT2D eigenvalue weighted by atomic mass is 10.2. The lowest BCUT2D eigenvalue weighted by Gasteiger charge is -2.24. The lowest BCUT2D eigenvalue weighted by molar-refractivity contribution is 0.415. The van der Waals surface area contributed by atoms with E-state index >= 15 is 0 Å². The molecule has 0 saturated heterocycles. The molecule has 0 fully saturated rings. The molecule has 2 aromatic carbocycles. The molecule has 0 radical (unpaired) electrons. The van der Waals surface area contributed by atoms with E-state index in [0.717, 1.165) is 29.5 Å². The maximum absolute atomic E-state index is 6.03. The Hall–Kier alpha value is -1.71. The summed E-state index contributed by atoms with van der Waals surface area (Å²) in [5.41, 5.74) is 8.00. The average Bonchev–Trinajstić information content (AvgIpc) is 2.47. The van der Waals surface area contributed by atoms with Crippen LogP contribution in [0.3, 0.4) is 0 Å². The van der Waals surface area contributed by atoms with Crippen LogP contribution in [0, 0.1) is 0 Å². The minimum atomic E-state index is 0.604. The largest absolute Gasteiger partial charge is 0.497 e. The number of anilines is 1. The number of ether oxygens (including phenoxy) is 1. The maximum Gasteiger partial charge on any atom is 0.119 e. The molecule has 0 heterocycles. The molecule has 0 aromatic heterocycles. The lowest BCUT2D eigenvalue weighted by Crippen LogP contribution is -2.28. The number of nitrogens with two attached hydrogens (primary N) is 1. The molecule has 0 amide bonds. The summed E-state index contributed by atoms with van der Waals surface area (Å²) in [6.45, 7) is 2.18. The van der Waals surface area contributed by atoms with E-state index in [1.165, 1.54) is 5.56 Å². The van der Waals surface area contributed by atoms with E-state index in [4.69, 9.17) is 22.1 Å². The van der Waals surface area contributed by atoms with Gasteiger partial charge in [-0.2, -0.15) is 0 Å².